The monoisotopic (exact) mass is 350 g/mol. The summed E-state index contributed by atoms with van der Waals surface area (Å²) in [5.41, 5.74) is -0.431. The minimum Gasteiger partial charge on any atom is -0.491 e. The molecule has 0 bridgehead atoms. The molecule has 0 saturated carbocycles. The molecule has 1 N–H and O–H groups in total. The molecule has 0 aliphatic carbocycles. The number of likely N-dealkylation sites (N-methyl/N-ethyl adjacent to an activating group) is 1. The Morgan fingerprint density at radius 2 is 1.88 bits per heavy atom. The van der Waals surface area contributed by atoms with Gasteiger partial charge in [0.1, 0.15) is 17.9 Å². The molecule has 1 fully saturated rings. The summed E-state index contributed by atoms with van der Waals surface area (Å²) in [6, 6.07) is 6.92. The topological polar surface area (TPSA) is 77.1 Å². The Kier molecular flexibility index (Phi) is 6.78. The van der Waals surface area contributed by atoms with Crippen molar-refractivity contribution in [2.24, 2.45) is 0 Å². The smallest absolute Gasteiger partial charge is 0.254 e. The first kappa shape index (κ1) is 19.2. The number of nitrogens with one attached hydrogen (secondary N) is 1. The second-order valence-corrected chi connectivity index (χ2v) is 5.97. The van der Waals surface area contributed by atoms with Gasteiger partial charge in [0.05, 0.1) is 13.2 Å². The Labute approximate surface area is 148 Å². The van der Waals surface area contributed by atoms with Crippen LogP contribution < -0.4 is 10.1 Å². The van der Waals surface area contributed by atoms with Crippen LogP contribution in [0.5, 0.6) is 5.75 Å². The van der Waals surface area contributed by atoms with Crippen molar-refractivity contribution in [3.63, 3.8) is 0 Å². The van der Waals surface area contributed by atoms with Crippen LogP contribution in [0.2, 0.25) is 0 Å². The summed E-state index contributed by atoms with van der Waals surface area (Å²) in [5, 5.41) is 2.66. The molecule has 0 radical (unpaired) electrons. The Morgan fingerprint density at radius 3 is 2.48 bits per heavy atom. The number of hydrogen-bond acceptors (Lipinski definition) is 5. The first-order chi connectivity index (χ1) is 12.1. The highest BCUT2D eigenvalue weighted by Gasteiger charge is 2.49. The molecule has 2 rings (SSSR count). The average Bonchev–Trinajstić information content (AvgIpc) is 3.06. The molecule has 138 valence electrons. The molecule has 1 heterocycles. The third kappa shape index (κ3) is 4.11. The predicted molar refractivity (Wildman–Crippen MR) is 92.8 cm³/mol. The maximum Gasteiger partial charge on any atom is 0.254 e. The molecule has 2 amide bonds. The molecular weight excluding hydrogens is 324 g/mol. The van der Waals surface area contributed by atoms with E-state index in [-0.39, 0.29) is 18.4 Å². The van der Waals surface area contributed by atoms with Crippen molar-refractivity contribution in [2.75, 3.05) is 47.6 Å². The van der Waals surface area contributed by atoms with Gasteiger partial charge in [-0.15, -0.1) is 0 Å². The van der Waals surface area contributed by atoms with E-state index in [2.05, 4.69) is 5.32 Å². The van der Waals surface area contributed by atoms with Crippen LogP contribution in [0.4, 0.5) is 0 Å². The SMILES string of the molecule is CNC(=O)C1(COC)CCCN1C(=O)c1ccc(OCCOC)cc1. The molecule has 1 aliphatic rings. The van der Waals surface area contributed by atoms with Gasteiger partial charge in [-0.2, -0.15) is 0 Å². The van der Waals surface area contributed by atoms with Gasteiger partial charge in [-0.05, 0) is 37.1 Å². The highest BCUT2D eigenvalue weighted by atomic mass is 16.5. The summed E-state index contributed by atoms with van der Waals surface area (Å²) in [7, 11) is 4.73. The lowest BCUT2D eigenvalue weighted by atomic mass is 9.95. The van der Waals surface area contributed by atoms with E-state index < -0.39 is 5.54 Å². The first-order valence-corrected chi connectivity index (χ1v) is 8.34. The minimum absolute atomic E-state index is 0.177. The Hall–Kier alpha value is -2.12. The molecular formula is C18H26N2O5. The fourth-order valence-corrected chi connectivity index (χ4v) is 3.19. The summed E-state index contributed by atoms with van der Waals surface area (Å²) in [6.45, 7) is 1.65. The van der Waals surface area contributed by atoms with E-state index >= 15 is 0 Å². The number of benzene rings is 1. The second-order valence-electron chi connectivity index (χ2n) is 5.97. The Bertz CT molecular complexity index is 590. The highest BCUT2D eigenvalue weighted by Crippen LogP contribution is 2.32. The van der Waals surface area contributed by atoms with Gasteiger partial charge in [-0.25, -0.2) is 0 Å². The zero-order chi connectivity index (χ0) is 18.3. The zero-order valence-corrected chi connectivity index (χ0v) is 15.0. The molecule has 7 heteroatoms. The van der Waals surface area contributed by atoms with Crippen LogP contribution in [0, 0.1) is 0 Å². The summed E-state index contributed by atoms with van der Waals surface area (Å²) in [6.07, 6.45) is 1.35. The number of likely N-dealkylation sites (tertiary alicyclic amines) is 1. The van der Waals surface area contributed by atoms with Crippen LogP contribution >= 0.6 is 0 Å². The van der Waals surface area contributed by atoms with E-state index in [1.807, 2.05) is 0 Å². The number of methoxy groups -OCH3 is 2. The Balaban J connectivity index is 2.16. The molecule has 1 atom stereocenters. The number of ether oxygens (including phenoxy) is 3. The molecule has 1 aromatic rings. The summed E-state index contributed by atoms with van der Waals surface area (Å²) in [5.74, 6) is 0.297. The highest BCUT2D eigenvalue weighted by molar-refractivity contribution is 5.99. The third-order valence-electron chi connectivity index (χ3n) is 4.42. The number of nitrogens with zero attached hydrogens (tertiary/aromatic N) is 1. The largest absolute Gasteiger partial charge is 0.491 e. The lowest BCUT2D eigenvalue weighted by Crippen LogP contribution is -2.59. The number of carbonyl (C=O) groups excluding carboxylic acids is 2. The number of hydrogen-bond donors (Lipinski definition) is 1. The van der Waals surface area contributed by atoms with Crippen molar-refractivity contribution in [1.82, 2.24) is 10.2 Å². The second kappa shape index (κ2) is 8.82. The van der Waals surface area contributed by atoms with Crippen molar-refractivity contribution >= 4 is 11.8 Å². The molecule has 1 saturated heterocycles. The lowest BCUT2D eigenvalue weighted by Gasteiger charge is -2.36. The van der Waals surface area contributed by atoms with Gasteiger partial charge in [-0.1, -0.05) is 0 Å². The van der Waals surface area contributed by atoms with E-state index in [1.54, 1.807) is 43.3 Å². The van der Waals surface area contributed by atoms with Crippen LogP contribution in [-0.4, -0.2) is 69.9 Å². The zero-order valence-electron chi connectivity index (χ0n) is 15.0. The fraction of sp³-hybridized carbons (Fsp3) is 0.556. The summed E-state index contributed by atoms with van der Waals surface area (Å²) < 4.78 is 15.7. The van der Waals surface area contributed by atoms with Gasteiger partial charge in [0.15, 0.2) is 0 Å². The van der Waals surface area contributed by atoms with Gasteiger partial charge in [0, 0.05) is 33.4 Å². The average molecular weight is 350 g/mol. The normalized spacial score (nSPS) is 19.7. The van der Waals surface area contributed by atoms with Crippen LogP contribution in [0.3, 0.4) is 0 Å². The lowest BCUT2D eigenvalue weighted by molar-refractivity contribution is -0.133. The number of rotatable bonds is 8. The van der Waals surface area contributed by atoms with Crippen LogP contribution in [0.1, 0.15) is 23.2 Å². The molecule has 1 aromatic carbocycles. The van der Waals surface area contributed by atoms with Crippen molar-refractivity contribution in [3.05, 3.63) is 29.8 Å². The first-order valence-electron chi connectivity index (χ1n) is 8.34. The van der Waals surface area contributed by atoms with E-state index in [9.17, 15) is 9.59 Å². The van der Waals surface area contributed by atoms with E-state index in [0.29, 0.717) is 37.5 Å². The summed E-state index contributed by atoms with van der Waals surface area (Å²) in [4.78, 5) is 27.0. The van der Waals surface area contributed by atoms with Crippen LogP contribution in [0.15, 0.2) is 24.3 Å². The van der Waals surface area contributed by atoms with Gasteiger partial charge < -0.3 is 24.4 Å². The van der Waals surface area contributed by atoms with E-state index in [0.717, 1.165) is 6.42 Å². The molecule has 0 aromatic heterocycles. The van der Waals surface area contributed by atoms with Crippen molar-refractivity contribution in [3.8, 4) is 5.75 Å². The Morgan fingerprint density at radius 1 is 1.16 bits per heavy atom. The summed E-state index contributed by atoms with van der Waals surface area (Å²) >= 11 is 0. The standard InChI is InChI=1S/C18H26N2O5/c1-19-17(22)18(13-24-3)9-4-10-20(18)16(21)14-5-7-15(8-6-14)25-12-11-23-2/h5-8H,4,9-13H2,1-3H3,(H,19,22). The molecule has 0 spiro atoms. The van der Waals surface area contributed by atoms with Gasteiger partial charge >= 0.3 is 0 Å². The van der Waals surface area contributed by atoms with E-state index in [1.165, 1.54) is 7.11 Å². The molecule has 25 heavy (non-hydrogen) atoms. The number of amides is 2. The van der Waals surface area contributed by atoms with Gasteiger partial charge in [0.25, 0.3) is 5.91 Å². The van der Waals surface area contributed by atoms with Gasteiger partial charge in [-0.3, -0.25) is 9.59 Å². The van der Waals surface area contributed by atoms with Crippen LogP contribution in [-0.2, 0) is 14.3 Å². The maximum absolute atomic E-state index is 13.0. The predicted octanol–water partition coefficient (Wildman–Crippen LogP) is 1.08. The van der Waals surface area contributed by atoms with Crippen molar-refractivity contribution in [2.45, 2.75) is 18.4 Å². The van der Waals surface area contributed by atoms with E-state index in [4.69, 9.17) is 14.2 Å². The van der Waals surface area contributed by atoms with Crippen LogP contribution in [0.25, 0.3) is 0 Å². The van der Waals surface area contributed by atoms with Crippen molar-refractivity contribution < 1.29 is 23.8 Å². The van der Waals surface area contributed by atoms with Gasteiger partial charge in [0.2, 0.25) is 5.91 Å². The molecule has 7 nitrogen and oxygen atoms in total. The quantitative estimate of drug-likeness (QED) is 0.710. The maximum atomic E-state index is 13.0. The number of carbonyl (C=O) groups is 2. The molecule has 1 aliphatic heterocycles. The fourth-order valence-electron chi connectivity index (χ4n) is 3.19. The molecule has 1 unspecified atom stereocenters. The third-order valence-corrected chi connectivity index (χ3v) is 4.42. The van der Waals surface area contributed by atoms with Crippen molar-refractivity contribution in [1.29, 1.82) is 0 Å². The minimum atomic E-state index is -0.950.